The van der Waals surface area contributed by atoms with E-state index in [9.17, 15) is 0 Å². The first-order valence-electron chi connectivity index (χ1n) is 1.70. The molecule has 1 aliphatic rings. The summed E-state index contributed by atoms with van der Waals surface area (Å²) in [5.41, 5.74) is 0. The summed E-state index contributed by atoms with van der Waals surface area (Å²) < 4.78 is 4.68. The first-order valence-corrected chi connectivity index (χ1v) is 1.70. The van der Waals surface area contributed by atoms with Gasteiger partial charge in [0.05, 0.1) is 0 Å². The molecule has 0 spiro atoms. The summed E-state index contributed by atoms with van der Waals surface area (Å²) in [5, 5.41) is 6.13. The van der Waals surface area contributed by atoms with Crippen LogP contribution in [-0.4, -0.2) is 19.2 Å². The predicted molar refractivity (Wildman–Crippen MR) is 21.5 cm³/mol. The molecule has 0 aliphatic carbocycles. The maximum Gasteiger partial charge on any atom is 0.353 e. The third kappa shape index (κ3) is 0.544. The van der Waals surface area contributed by atoms with Crippen molar-refractivity contribution in [3.05, 3.63) is 0 Å². The highest BCUT2D eigenvalue weighted by molar-refractivity contribution is 5.61. The SMILES string of the molecule is C1=N[NH+]=COC1. The summed E-state index contributed by atoms with van der Waals surface area (Å²) in [6, 6.07) is 0. The van der Waals surface area contributed by atoms with Gasteiger partial charge < -0.3 is 4.74 Å². The molecule has 3 nitrogen and oxygen atoms in total. The number of hydrogen-bond donors (Lipinski definition) is 1. The van der Waals surface area contributed by atoms with Crippen LogP contribution >= 0.6 is 0 Å². The highest BCUT2D eigenvalue weighted by Crippen LogP contribution is 1.58. The number of nitrogens with one attached hydrogen (secondary N) is 1. The van der Waals surface area contributed by atoms with Crippen LogP contribution in [0.2, 0.25) is 0 Å². The van der Waals surface area contributed by atoms with Crippen molar-refractivity contribution in [2.75, 3.05) is 6.61 Å². The van der Waals surface area contributed by atoms with Crippen LogP contribution in [0.1, 0.15) is 0 Å². The fourth-order valence-electron chi connectivity index (χ4n) is 0.249. The molecule has 0 fully saturated rings. The summed E-state index contributed by atoms with van der Waals surface area (Å²) in [5.74, 6) is 0. The molecular formula is C3H5N2O+. The molecular weight excluding hydrogens is 80.0 g/mol. The maximum absolute atomic E-state index is 4.68. The Bertz CT molecular complexity index is 74.8. The fraction of sp³-hybridized carbons (Fsp3) is 0.333. The van der Waals surface area contributed by atoms with Crippen LogP contribution < -0.4 is 5.10 Å². The Balaban J connectivity index is 2.46. The minimum absolute atomic E-state index is 0.590. The molecule has 0 radical (unpaired) electrons. The number of nitrogens with zero attached hydrogens (tertiary/aromatic N) is 1. The van der Waals surface area contributed by atoms with E-state index in [0.29, 0.717) is 6.61 Å². The van der Waals surface area contributed by atoms with Crippen LogP contribution in [0.4, 0.5) is 0 Å². The third-order valence-electron chi connectivity index (χ3n) is 0.473. The average molecular weight is 85.1 g/mol. The molecule has 0 bridgehead atoms. The second-order valence-corrected chi connectivity index (χ2v) is 0.892. The molecule has 32 valence electrons. The summed E-state index contributed by atoms with van der Waals surface area (Å²) in [4.78, 5) is 0. The Morgan fingerprint density at radius 1 is 1.83 bits per heavy atom. The van der Waals surface area contributed by atoms with Crippen molar-refractivity contribution in [1.29, 1.82) is 0 Å². The average Bonchev–Trinajstić information content (AvgIpc) is 1.72. The summed E-state index contributed by atoms with van der Waals surface area (Å²) in [7, 11) is 0. The highest BCUT2D eigenvalue weighted by Gasteiger charge is 1.84. The van der Waals surface area contributed by atoms with Crippen LogP contribution in [0, 0.1) is 0 Å². The van der Waals surface area contributed by atoms with Crippen LogP contribution in [0.15, 0.2) is 5.10 Å². The number of hydrogen-bond acceptors (Lipinski definition) is 2. The molecule has 1 rings (SSSR count). The van der Waals surface area contributed by atoms with E-state index in [1.165, 1.54) is 6.40 Å². The van der Waals surface area contributed by atoms with E-state index in [1.54, 1.807) is 6.21 Å². The zero-order valence-electron chi connectivity index (χ0n) is 3.22. The Kier molecular flexibility index (Phi) is 0.859. The van der Waals surface area contributed by atoms with Gasteiger partial charge in [0.15, 0.2) is 0 Å². The summed E-state index contributed by atoms with van der Waals surface area (Å²) in [6.07, 6.45) is 3.10. The first kappa shape index (κ1) is 3.33. The van der Waals surface area contributed by atoms with Crippen molar-refractivity contribution >= 4 is 12.6 Å². The van der Waals surface area contributed by atoms with Crippen molar-refractivity contribution in [2.45, 2.75) is 0 Å². The topological polar surface area (TPSA) is 35.6 Å². The van der Waals surface area contributed by atoms with Gasteiger partial charge in [0, 0.05) is 0 Å². The minimum atomic E-state index is 0.590. The largest absolute Gasteiger partial charge is 0.442 e. The quantitative estimate of drug-likeness (QED) is 0.367. The highest BCUT2D eigenvalue weighted by atomic mass is 16.5. The fourth-order valence-corrected chi connectivity index (χ4v) is 0.249. The molecule has 3 heteroatoms. The predicted octanol–water partition coefficient (Wildman–Crippen LogP) is -1.89. The normalized spacial score (nSPS) is 17.3. The van der Waals surface area contributed by atoms with Crippen molar-refractivity contribution in [3.8, 4) is 0 Å². The lowest BCUT2D eigenvalue weighted by Crippen LogP contribution is -2.63. The lowest BCUT2D eigenvalue weighted by molar-refractivity contribution is -0.468. The zero-order valence-corrected chi connectivity index (χ0v) is 3.22. The Hall–Kier alpha value is -0.860. The molecule has 1 N–H and O–H groups in total. The summed E-state index contributed by atoms with van der Waals surface area (Å²) >= 11 is 0. The van der Waals surface area contributed by atoms with Gasteiger partial charge in [0.2, 0.25) is 0 Å². The van der Waals surface area contributed by atoms with Crippen LogP contribution in [0.25, 0.3) is 0 Å². The second-order valence-electron chi connectivity index (χ2n) is 0.892. The Morgan fingerprint density at radius 2 is 2.83 bits per heavy atom. The van der Waals surface area contributed by atoms with Gasteiger partial charge in [-0.15, -0.1) is 0 Å². The van der Waals surface area contributed by atoms with Crippen LogP contribution in [-0.2, 0) is 4.74 Å². The Morgan fingerprint density at radius 3 is 3.00 bits per heavy atom. The van der Waals surface area contributed by atoms with Crippen LogP contribution in [0.3, 0.4) is 0 Å². The molecule has 0 atom stereocenters. The number of rotatable bonds is 0. The lowest BCUT2D eigenvalue weighted by atomic mass is 10.8. The molecule has 0 saturated carbocycles. The third-order valence-corrected chi connectivity index (χ3v) is 0.473. The lowest BCUT2D eigenvalue weighted by Gasteiger charge is -1.86. The standard InChI is InChI=1S/C3H4N2O/c1-2-6-3-5-4-1/h1,3H,2H2/p+1. The number of hydrazone groups is 1. The van der Waals surface area contributed by atoms with Gasteiger partial charge in [-0.05, 0) is 5.10 Å². The maximum atomic E-state index is 4.68. The van der Waals surface area contributed by atoms with Gasteiger partial charge >= 0.3 is 6.40 Å². The first-order chi connectivity index (χ1) is 3.00. The molecule has 0 aromatic carbocycles. The molecule has 0 unspecified atom stereocenters. The van der Waals surface area contributed by atoms with Crippen LogP contribution in [0.5, 0.6) is 0 Å². The van der Waals surface area contributed by atoms with E-state index < -0.39 is 0 Å². The van der Waals surface area contributed by atoms with E-state index >= 15 is 0 Å². The Labute approximate surface area is 35.3 Å². The van der Waals surface area contributed by atoms with E-state index in [2.05, 4.69) is 14.9 Å². The molecule has 1 aliphatic heterocycles. The van der Waals surface area contributed by atoms with Crippen molar-refractivity contribution < 1.29 is 9.84 Å². The van der Waals surface area contributed by atoms with Gasteiger partial charge in [0.25, 0.3) is 0 Å². The van der Waals surface area contributed by atoms with Crippen molar-refractivity contribution in [2.24, 2.45) is 5.10 Å². The summed E-state index contributed by atoms with van der Waals surface area (Å²) in [6.45, 7) is 0.590. The smallest absolute Gasteiger partial charge is 0.353 e. The van der Waals surface area contributed by atoms with Crippen molar-refractivity contribution in [1.82, 2.24) is 0 Å². The molecule has 0 amide bonds. The van der Waals surface area contributed by atoms with E-state index in [4.69, 9.17) is 0 Å². The minimum Gasteiger partial charge on any atom is -0.442 e. The number of ether oxygens (including phenoxy) is 1. The van der Waals surface area contributed by atoms with Gasteiger partial charge in [0.1, 0.15) is 12.8 Å². The molecule has 0 aromatic rings. The molecule has 6 heavy (non-hydrogen) atoms. The van der Waals surface area contributed by atoms with Gasteiger partial charge in [-0.25, -0.2) is 0 Å². The van der Waals surface area contributed by atoms with E-state index in [0.717, 1.165) is 0 Å². The molecule has 1 heterocycles. The molecule has 0 saturated heterocycles. The monoisotopic (exact) mass is 85.0 g/mol. The van der Waals surface area contributed by atoms with Crippen molar-refractivity contribution in [3.63, 3.8) is 0 Å². The van der Waals surface area contributed by atoms with Gasteiger partial charge in [-0.1, -0.05) is 5.10 Å². The van der Waals surface area contributed by atoms with E-state index in [-0.39, 0.29) is 0 Å². The zero-order chi connectivity index (χ0) is 4.24. The van der Waals surface area contributed by atoms with Gasteiger partial charge in [-0.3, -0.25) is 0 Å². The van der Waals surface area contributed by atoms with Gasteiger partial charge in [-0.2, -0.15) is 0 Å². The van der Waals surface area contributed by atoms with E-state index in [1.807, 2.05) is 0 Å². The molecule has 0 aromatic heterocycles. The second kappa shape index (κ2) is 1.55.